The molecule has 0 aliphatic heterocycles. The summed E-state index contributed by atoms with van der Waals surface area (Å²) in [5, 5.41) is 0. The van der Waals surface area contributed by atoms with E-state index in [-0.39, 0.29) is 0 Å². The average Bonchev–Trinajstić information content (AvgIpc) is 2.41. The molecule has 0 spiro atoms. The van der Waals surface area contributed by atoms with Gasteiger partial charge in [-0.1, -0.05) is 37.3 Å². The van der Waals surface area contributed by atoms with Crippen LogP contribution >= 0.6 is 0 Å². The van der Waals surface area contributed by atoms with E-state index >= 15 is 0 Å². The highest BCUT2D eigenvalue weighted by atomic mass is 19.2. The summed E-state index contributed by atoms with van der Waals surface area (Å²) in [5.41, 5.74) is 8.72. The molecule has 94 valence electrons. The van der Waals surface area contributed by atoms with Gasteiger partial charge in [0.15, 0.2) is 11.6 Å². The van der Waals surface area contributed by atoms with E-state index in [0.29, 0.717) is 5.56 Å². The van der Waals surface area contributed by atoms with Crippen molar-refractivity contribution in [3.8, 4) is 0 Å². The fourth-order valence-electron chi connectivity index (χ4n) is 1.90. The Morgan fingerprint density at radius 2 is 1.72 bits per heavy atom. The molecule has 1 unspecified atom stereocenters. The molecule has 2 rings (SSSR count). The fourth-order valence-corrected chi connectivity index (χ4v) is 1.90. The van der Waals surface area contributed by atoms with Crippen LogP contribution < -0.4 is 5.73 Å². The number of benzene rings is 2. The SMILES string of the molecule is CCc1cccc(C(N)c2ccc(F)c(F)c2)c1. The Kier molecular flexibility index (Phi) is 3.72. The van der Waals surface area contributed by atoms with Crippen LogP contribution in [0.3, 0.4) is 0 Å². The van der Waals surface area contributed by atoms with Crippen molar-refractivity contribution in [2.75, 3.05) is 0 Å². The van der Waals surface area contributed by atoms with Crippen molar-refractivity contribution >= 4 is 0 Å². The minimum absolute atomic E-state index is 0.438. The molecule has 0 radical (unpaired) electrons. The van der Waals surface area contributed by atoms with Gasteiger partial charge in [0.05, 0.1) is 6.04 Å². The van der Waals surface area contributed by atoms with Gasteiger partial charge in [0.2, 0.25) is 0 Å². The van der Waals surface area contributed by atoms with Gasteiger partial charge in [0.25, 0.3) is 0 Å². The van der Waals surface area contributed by atoms with Gasteiger partial charge in [-0.3, -0.25) is 0 Å². The van der Waals surface area contributed by atoms with Crippen LogP contribution in [0.1, 0.15) is 29.7 Å². The molecule has 2 N–H and O–H groups in total. The Hall–Kier alpha value is -1.74. The van der Waals surface area contributed by atoms with E-state index < -0.39 is 17.7 Å². The van der Waals surface area contributed by atoms with E-state index in [0.717, 1.165) is 24.1 Å². The van der Waals surface area contributed by atoms with Crippen LogP contribution in [-0.4, -0.2) is 0 Å². The first-order valence-electron chi connectivity index (χ1n) is 5.91. The predicted molar refractivity (Wildman–Crippen MR) is 68.2 cm³/mol. The number of aryl methyl sites for hydroxylation is 1. The maximum atomic E-state index is 13.2. The van der Waals surface area contributed by atoms with Crippen LogP contribution in [0.2, 0.25) is 0 Å². The summed E-state index contributed by atoms with van der Waals surface area (Å²) in [5.74, 6) is -1.72. The van der Waals surface area contributed by atoms with Crippen LogP contribution in [0, 0.1) is 11.6 Å². The van der Waals surface area contributed by atoms with E-state index in [2.05, 4.69) is 6.92 Å². The zero-order valence-corrected chi connectivity index (χ0v) is 10.2. The zero-order valence-electron chi connectivity index (χ0n) is 10.2. The second kappa shape index (κ2) is 5.27. The van der Waals surface area contributed by atoms with Gasteiger partial charge in [0.1, 0.15) is 0 Å². The molecule has 0 aliphatic carbocycles. The third-order valence-electron chi connectivity index (χ3n) is 3.02. The molecule has 1 atom stereocenters. The lowest BCUT2D eigenvalue weighted by Crippen LogP contribution is -2.12. The molecule has 0 amide bonds. The van der Waals surface area contributed by atoms with E-state index in [4.69, 9.17) is 5.73 Å². The van der Waals surface area contributed by atoms with Crippen molar-refractivity contribution in [2.24, 2.45) is 5.73 Å². The van der Waals surface area contributed by atoms with Crippen LogP contribution in [0.4, 0.5) is 8.78 Å². The smallest absolute Gasteiger partial charge is 0.159 e. The number of nitrogens with two attached hydrogens (primary N) is 1. The highest BCUT2D eigenvalue weighted by Crippen LogP contribution is 2.22. The number of rotatable bonds is 3. The Labute approximate surface area is 105 Å². The Morgan fingerprint density at radius 1 is 1.00 bits per heavy atom. The van der Waals surface area contributed by atoms with Gasteiger partial charge in [-0.15, -0.1) is 0 Å². The molecular formula is C15H15F2N. The topological polar surface area (TPSA) is 26.0 Å². The Balaban J connectivity index is 2.34. The van der Waals surface area contributed by atoms with E-state index in [9.17, 15) is 8.78 Å². The van der Waals surface area contributed by atoms with E-state index in [1.165, 1.54) is 11.6 Å². The van der Waals surface area contributed by atoms with Crippen molar-refractivity contribution in [3.05, 3.63) is 70.8 Å². The molecule has 1 nitrogen and oxygen atoms in total. The molecule has 0 bridgehead atoms. The summed E-state index contributed by atoms with van der Waals surface area (Å²) in [4.78, 5) is 0. The van der Waals surface area contributed by atoms with Crippen LogP contribution in [0.15, 0.2) is 42.5 Å². The van der Waals surface area contributed by atoms with Crippen molar-refractivity contribution in [1.82, 2.24) is 0 Å². The standard InChI is InChI=1S/C15H15F2N/c1-2-10-4-3-5-11(8-10)15(18)12-6-7-13(16)14(17)9-12/h3-9,15H,2,18H2,1H3. The zero-order chi connectivity index (χ0) is 13.1. The van der Waals surface area contributed by atoms with E-state index in [1.807, 2.05) is 24.3 Å². The summed E-state index contributed by atoms with van der Waals surface area (Å²) >= 11 is 0. The molecular weight excluding hydrogens is 232 g/mol. The van der Waals surface area contributed by atoms with Crippen molar-refractivity contribution in [3.63, 3.8) is 0 Å². The molecule has 18 heavy (non-hydrogen) atoms. The second-order valence-corrected chi connectivity index (χ2v) is 4.25. The van der Waals surface area contributed by atoms with Crippen LogP contribution in [0.25, 0.3) is 0 Å². The normalized spacial score (nSPS) is 12.4. The summed E-state index contributed by atoms with van der Waals surface area (Å²) in [6.07, 6.45) is 0.915. The summed E-state index contributed by atoms with van der Waals surface area (Å²) in [7, 11) is 0. The highest BCUT2D eigenvalue weighted by molar-refractivity contribution is 5.34. The van der Waals surface area contributed by atoms with Gasteiger partial charge in [-0.05, 0) is 35.2 Å². The molecule has 0 saturated heterocycles. The monoisotopic (exact) mass is 247 g/mol. The maximum Gasteiger partial charge on any atom is 0.159 e. The maximum absolute atomic E-state index is 13.2. The van der Waals surface area contributed by atoms with Gasteiger partial charge in [0, 0.05) is 0 Å². The molecule has 3 heteroatoms. The largest absolute Gasteiger partial charge is 0.320 e. The number of hydrogen-bond donors (Lipinski definition) is 1. The van der Waals surface area contributed by atoms with Crippen LogP contribution in [-0.2, 0) is 6.42 Å². The van der Waals surface area contributed by atoms with Crippen molar-refractivity contribution in [2.45, 2.75) is 19.4 Å². The van der Waals surface area contributed by atoms with Crippen molar-refractivity contribution < 1.29 is 8.78 Å². The molecule has 2 aromatic carbocycles. The number of hydrogen-bond acceptors (Lipinski definition) is 1. The van der Waals surface area contributed by atoms with Crippen LogP contribution in [0.5, 0.6) is 0 Å². The fraction of sp³-hybridized carbons (Fsp3) is 0.200. The third kappa shape index (κ3) is 2.57. The first kappa shape index (κ1) is 12.7. The first-order valence-corrected chi connectivity index (χ1v) is 5.91. The van der Waals surface area contributed by atoms with E-state index in [1.54, 1.807) is 0 Å². The minimum Gasteiger partial charge on any atom is -0.320 e. The molecule has 2 aromatic rings. The Bertz CT molecular complexity index is 552. The van der Waals surface area contributed by atoms with Crippen molar-refractivity contribution in [1.29, 1.82) is 0 Å². The quantitative estimate of drug-likeness (QED) is 0.881. The first-order chi connectivity index (χ1) is 8.61. The summed E-state index contributed by atoms with van der Waals surface area (Å²) in [6.45, 7) is 2.06. The lowest BCUT2D eigenvalue weighted by atomic mass is 9.97. The lowest BCUT2D eigenvalue weighted by Gasteiger charge is -2.13. The number of halogens is 2. The summed E-state index contributed by atoms with van der Waals surface area (Å²) < 4.78 is 26.0. The molecule has 0 heterocycles. The minimum atomic E-state index is -0.866. The second-order valence-electron chi connectivity index (χ2n) is 4.25. The third-order valence-corrected chi connectivity index (χ3v) is 3.02. The molecule has 0 fully saturated rings. The average molecular weight is 247 g/mol. The molecule has 0 saturated carbocycles. The molecule has 0 aliphatic rings. The Morgan fingerprint density at radius 3 is 2.39 bits per heavy atom. The van der Waals surface area contributed by atoms with Gasteiger partial charge in [-0.2, -0.15) is 0 Å². The summed E-state index contributed by atoms with van der Waals surface area (Å²) in [6, 6.07) is 11.2. The molecule has 0 aromatic heterocycles. The highest BCUT2D eigenvalue weighted by Gasteiger charge is 2.11. The van der Waals surface area contributed by atoms with Gasteiger partial charge >= 0.3 is 0 Å². The lowest BCUT2D eigenvalue weighted by molar-refractivity contribution is 0.506. The predicted octanol–water partition coefficient (Wildman–Crippen LogP) is 3.58. The van der Waals surface area contributed by atoms with Gasteiger partial charge in [-0.25, -0.2) is 8.78 Å². The van der Waals surface area contributed by atoms with Gasteiger partial charge < -0.3 is 5.73 Å².